The second-order valence-electron chi connectivity index (χ2n) is 16.9. The maximum absolute atomic E-state index is 12.5. The van der Waals surface area contributed by atoms with Crippen LogP contribution in [0.15, 0.2) is 111 Å². The number of pyridine rings is 1. The first-order chi connectivity index (χ1) is 36.8. The fraction of sp³-hybridized carbons (Fsp3) is 0.205. The summed E-state index contributed by atoms with van der Waals surface area (Å²) in [7, 11) is -23.3. The van der Waals surface area contributed by atoms with Crippen LogP contribution >= 0.6 is 34.7 Å². The smallest absolute Gasteiger partial charge is 0.298 e. The maximum atomic E-state index is 12.5. The van der Waals surface area contributed by atoms with Gasteiger partial charge in [0.25, 0.3) is 50.6 Å². The number of nitrogens with zero attached hydrogens (tertiary/aromatic N) is 10. The second-order valence-corrected chi connectivity index (χ2v) is 26.8. The van der Waals surface area contributed by atoms with E-state index in [1.165, 1.54) is 37.3 Å². The Balaban J connectivity index is 1.18. The fourth-order valence-electron chi connectivity index (χ4n) is 7.74. The molecule has 0 bridgehead atoms. The molecule has 0 unspecified atom stereocenters. The van der Waals surface area contributed by atoms with Crippen molar-refractivity contribution in [1.82, 2.24) is 14.4 Å². The summed E-state index contributed by atoms with van der Waals surface area (Å²) in [6.07, 6.45) is -0.217. The molecule has 6 N–H and O–H groups in total. The van der Waals surface area contributed by atoms with Crippen LogP contribution < -0.4 is 4.74 Å². The van der Waals surface area contributed by atoms with E-state index >= 15 is 0 Å². The first-order valence-corrected chi connectivity index (χ1v) is 31.8. The van der Waals surface area contributed by atoms with Gasteiger partial charge in [0.05, 0.1) is 55.3 Å². The first-order valence-electron chi connectivity index (χ1n) is 22.1. The molecular formula is C44H37ClN10O17S7. The summed E-state index contributed by atoms with van der Waals surface area (Å²) in [6, 6.07) is 14.7. The summed E-state index contributed by atoms with van der Waals surface area (Å²) >= 11 is 8.01. The van der Waals surface area contributed by atoms with Crippen molar-refractivity contribution in [3.05, 3.63) is 87.9 Å². The second kappa shape index (κ2) is 22.1. The van der Waals surface area contributed by atoms with Crippen LogP contribution in [0.1, 0.15) is 35.1 Å². The number of rotatable bonds is 19. The fourth-order valence-corrected chi connectivity index (χ4v) is 13.2. The summed E-state index contributed by atoms with van der Waals surface area (Å²) in [5, 5.41) is 47.6. The van der Waals surface area contributed by atoms with E-state index in [1.54, 1.807) is 19.9 Å². The predicted octanol–water partition coefficient (Wildman–Crippen LogP) is 10.4. The van der Waals surface area contributed by atoms with Gasteiger partial charge in [0.1, 0.15) is 43.9 Å². The largest absolute Gasteiger partial charge is 0.493 e. The molecule has 8 rings (SSSR count). The number of ether oxygens (including phenoxy) is 1. The molecule has 3 aromatic heterocycles. The minimum Gasteiger partial charge on any atom is -0.493 e. The molecule has 0 atom stereocenters. The molecule has 414 valence electrons. The Hall–Kier alpha value is -6.72. The van der Waals surface area contributed by atoms with E-state index in [0.717, 1.165) is 51.8 Å². The summed E-state index contributed by atoms with van der Waals surface area (Å²) in [4.78, 5) is 6.96. The number of halogens is 1. The molecule has 0 aliphatic rings. The van der Waals surface area contributed by atoms with Gasteiger partial charge in [-0.1, -0.05) is 29.0 Å². The van der Waals surface area contributed by atoms with Crippen LogP contribution in [0.25, 0.3) is 37.7 Å². The van der Waals surface area contributed by atoms with Crippen LogP contribution in [0, 0.1) is 32.1 Å². The zero-order chi connectivity index (χ0) is 57.7. The molecule has 0 saturated carbocycles. The third kappa shape index (κ3) is 13.0. The lowest BCUT2D eigenvalue weighted by atomic mass is 10.1. The zero-order valence-corrected chi connectivity index (χ0v) is 46.9. The molecule has 0 radical (unpaired) electrons. The van der Waals surface area contributed by atoms with Crippen molar-refractivity contribution >= 4 is 157 Å². The van der Waals surface area contributed by atoms with Gasteiger partial charge in [-0.3, -0.25) is 27.2 Å². The van der Waals surface area contributed by atoms with E-state index in [1.807, 2.05) is 6.07 Å². The van der Waals surface area contributed by atoms with Crippen LogP contribution in [0.4, 0.5) is 33.6 Å². The van der Waals surface area contributed by atoms with Crippen molar-refractivity contribution in [2.75, 3.05) is 23.9 Å². The third-order valence-corrected chi connectivity index (χ3v) is 18.2. The Labute approximate surface area is 461 Å². The Kier molecular flexibility index (Phi) is 16.3. The third-order valence-electron chi connectivity index (χ3n) is 11.4. The lowest BCUT2D eigenvalue weighted by molar-refractivity contribution is 0.317. The van der Waals surface area contributed by atoms with Gasteiger partial charge >= 0.3 is 0 Å². The number of hydrogen-bond donors (Lipinski definition) is 6. The van der Waals surface area contributed by atoms with Crippen LogP contribution in [0.5, 0.6) is 11.6 Å². The van der Waals surface area contributed by atoms with Gasteiger partial charge in [0.15, 0.2) is 11.3 Å². The number of thioether (sulfide) groups is 1. The van der Waals surface area contributed by atoms with E-state index in [4.69, 9.17) is 16.3 Å². The number of imidazole rings is 1. The molecule has 0 amide bonds. The van der Waals surface area contributed by atoms with Crippen molar-refractivity contribution in [3.63, 3.8) is 0 Å². The molecule has 8 aromatic rings. The molecule has 35 heteroatoms. The number of aromatic hydroxyl groups is 1. The summed E-state index contributed by atoms with van der Waals surface area (Å²) in [6.45, 7) is 4.33. The van der Waals surface area contributed by atoms with Gasteiger partial charge in [0.2, 0.25) is 11.0 Å². The van der Waals surface area contributed by atoms with Crippen molar-refractivity contribution < 1.29 is 74.7 Å². The molecule has 27 nitrogen and oxygen atoms in total. The van der Waals surface area contributed by atoms with Crippen molar-refractivity contribution in [2.24, 2.45) is 30.7 Å². The summed E-state index contributed by atoms with van der Waals surface area (Å²) in [5.41, 5.74) is -0.00417. The predicted molar refractivity (Wildman–Crippen MR) is 289 cm³/mol. The van der Waals surface area contributed by atoms with Gasteiger partial charge < -0.3 is 9.84 Å². The Morgan fingerprint density at radius 3 is 1.99 bits per heavy atom. The van der Waals surface area contributed by atoms with Gasteiger partial charge in [-0.15, -0.1) is 37.3 Å². The van der Waals surface area contributed by atoms with Gasteiger partial charge in [-0.25, -0.2) is 9.97 Å². The molecular weight excluding hydrogens is 1200 g/mol. The average molecular weight is 1240 g/mol. The normalized spacial score (nSPS) is 13.1. The number of hydrogen-bond acceptors (Lipinski definition) is 23. The molecule has 5 aromatic carbocycles. The van der Waals surface area contributed by atoms with Crippen LogP contribution in [-0.2, 0) is 50.6 Å². The minimum atomic E-state index is -4.96. The lowest BCUT2D eigenvalue weighted by Crippen LogP contribution is -2.08. The van der Waals surface area contributed by atoms with E-state index in [2.05, 4.69) is 40.7 Å². The SMILES string of the molecule is Cc1cc(N=Nc2cc(OCCCS(=O)(=O)O)c(N=Nc3c(C)c(C#N)c4nc5c(S(=O)(=O)O)c(Cl)ccc5n4c3O)cc2C)c(SCCCS(=O)(=O)O)cc1N=Nc1nc2c(S(=O)(=O)O)cc3ccc(S(=O)(=O)O)cc3c2s1. The van der Waals surface area contributed by atoms with Crippen molar-refractivity contribution in [2.45, 2.75) is 53.2 Å². The number of benzene rings is 5. The van der Waals surface area contributed by atoms with E-state index in [9.17, 15) is 75.2 Å². The van der Waals surface area contributed by atoms with Crippen LogP contribution in [0.3, 0.4) is 0 Å². The van der Waals surface area contributed by atoms with Crippen molar-refractivity contribution in [1.29, 1.82) is 5.26 Å². The minimum absolute atomic E-state index is 0.0149. The molecule has 3 heterocycles. The van der Waals surface area contributed by atoms with E-state index in [-0.39, 0.29) is 118 Å². The van der Waals surface area contributed by atoms with Crippen LogP contribution in [-0.4, -0.2) is 108 Å². The summed E-state index contributed by atoms with van der Waals surface area (Å²) < 4.78 is 175. The van der Waals surface area contributed by atoms with Gasteiger partial charge in [-0.2, -0.15) is 52.5 Å². The number of nitriles is 1. The van der Waals surface area contributed by atoms with E-state index < -0.39 is 82.7 Å². The highest BCUT2D eigenvalue weighted by Gasteiger charge is 2.28. The highest BCUT2D eigenvalue weighted by Crippen LogP contribution is 2.45. The molecule has 0 spiro atoms. The highest BCUT2D eigenvalue weighted by molar-refractivity contribution is 7.99. The number of fused-ring (bicyclic) bond motifs is 6. The molecule has 0 fully saturated rings. The number of aromatic nitrogens is 3. The summed E-state index contributed by atoms with van der Waals surface area (Å²) in [5.74, 6) is -1.87. The van der Waals surface area contributed by atoms with E-state index in [0.29, 0.717) is 16.0 Å². The average Bonchev–Trinajstić information content (AvgIpc) is 4.09. The van der Waals surface area contributed by atoms with Gasteiger partial charge in [-0.05, 0) is 104 Å². The Morgan fingerprint density at radius 1 is 0.709 bits per heavy atom. The number of azo groups is 3. The van der Waals surface area contributed by atoms with Crippen LogP contribution in [0.2, 0.25) is 5.02 Å². The Morgan fingerprint density at radius 2 is 1.34 bits per heavy atom. The first kappa shape index (κ1) is 58.4. The molecule has 0 aliphatic carbocycles. The van der Waals surface area contributed by atoms with Gasteiger partial charge in [0, 0.05) is 21.9 Å². The number of aryl methyl sites for hydroxylation is 2. The molecule has 0 aliphatic heterocycles. The monoisotopic (exact) mass is 1240 g/mol. The molecule has 0 saturated heterocycles. The standard InChI is InChI=1S/C44H37ClN10O17S7/c1-21-14-31(51-53-37-23(3)27(20-46)42-47-38-33(55(42)43(37)56)9-8-28(45)41(38)79(69,70)71)34(72-10-4-12-75(57,58)59)18-29(21)49-52-32-15-22(2)30(19-35(32)73-11-5-13-76(60,61)62)50-54-44-48-39-36(78(66,67)68)16-24-6-7-25(77(63,64)65)17-26(24)40(39)74-44/h6-9,14-19,56H,4-5,10-13H2,1-3H3,(H,57,58,59)(H,60,61,62)(H,63,64,65)(H,66,67,68)(H,69,70,71). The molecule has 79 heavy (non-hydrogen) atoms. The Bertz CT molecular complexity index is 4620. The highest BCUT2D eigenvalue weighted by atomic mass is 35.5. The number of thiazole rings is 1. The topological polar surface area (TPSA) is 429 Å². The maximum Gasteiger partial charge on any atom is 0.298 e. The lowest BCUT2D eigenvalue weighted by Gasteiger charge is -2.12. The zero-order valence-electron chi connectivity index (χ0n) is 40.4. The van der Waals surface area contributed by atoms with Crippen molar-refractivity contribution in [3.8, 4) is 17.7 Å². The quantitative estimate of drug-likeness (QED) is 0.0190.